The van der Waals surface area contributed by atoms with Crippen molar-refractivity contribution in [2.45, 2.75) is 25.8 Å². The number of aryl methyl sites for hydroxylation is 1. The van der Waals surface area contributed by atoms with Crippen LogP contribution in [0.15, 0.2) is 24.3 Å². The van der Waals surface area contributed by atoms with Crippen molar-refractivity contribution in [3.05, 3.63) is 35.4 Å². The molecule has 4 N–H and O–H groups in total. The summed E-state index contributed by atoms with van der Waals surface area (Å²) in [5, 5.41) is 1.07. The molecule has 1 atom stereocenters. The number of benzene rings is 1. The van der Waals surface area contributed by atoms with Gasteiger partial charge in [-0.1, -0.05) is 31.2 Å². The number of hydrogen-bond donors (Lipinski definition) is 2. The van der Waals surface area contributed by atoms with Gasteiger partial charge in [0.1, 0.15) is 0 Å². The van der Waals surface area contributed by atoms with E-state index in [1.54, 1.807) is 0 Å². The number of hydrogen-bond acceptors (Lipinski definition) is 3. The molecule has 0 aliphatic carbocycles. The Morgan fingerprint density at radius 1 is 1.38 bits per heavy atom. The van der Waals surface area contributed by atoms with Gasteiger partial charge in [0.25, 0.3) is 0 Å². The molecule has 88 valence electrons. The lowest BCUT2D eigenvalue weighted by Gasteiger charge is -2.15. The minimum Gasteiger partial charge on any atom is -0.324 e. The van der Waals surface area contributed by atoms with E-state index in [1.165, 1.54) is 12.6 Å². The molecule has 4 nitrogen and oxygen atoms in total. The van der Waals surface area contributed by atoms with Crippen molar-refractivity contribution in [3.8, 4) is 0 Å². The van der Waals surface area contributed by atoms with Crippen LogP contribution < -0.4 is 11.6 Å². The third-order valence-electron chi connectivity index (χ3n) is 2.60. The summed E-state index contributed by atoms with van der Waals surface area (Å²) in [4.78, 5) is 11.4. The Hall–Kier alpha value is -1.39. The van der Waals surface area contributed by atoms with E-state index in [9.17, 15) is 4.79 Å². The quantitative estimate of drug-likeness (QED) is 0.452. The SMILES string of the molecule is CCc1ccc(C(N)CC(=O)N(C)N)cc1. The van der Waals surface area contributed by atoms with Crippen LogP contribution in [-0.2, 0) is 11.2 Å². The molecule has 4 heteroatoms. The second-order valence-corrected chi connectivity index (χ2v) is 3.91. The number of carbonyl (C=O) groups excluding carboxylic acids is 1. The van der Waals surface area contributed by atoms with E-state index in [1.807, 2.05) is 24.3 Å². The van der Waals surface area contributed by atoms with Crippen molar-refractivity contribution < 1.29 is 4.79 Å². The van der Waals surface area contributed by atoms with E-state index < -0.39 is 0 Å². The molecule has 1 unspecified atom stereocenters. The van der Waals surface area contributed by atoms with Gasteiger partial charge in [0.2, 0.25) is 5.91 Å². The number of nitrogens with zero attached hydrogens (tertiary/aromatic N) is 1. The monoisotopic (exact) mass is 221 g/mol. The van der Waals surface area contributed by atoms with Crippen LogP contribution in [0.5, 0.6) is 0 Å². The number of nitrogens with two attached hydrogens (primary N) is 2. The zero-order valence-corrected chi connectivity index (χ0v) is 9.81. The summed E-state index contributed by atoms with van der Waals surface area (Å²) in [6.07, 6.45) is 1.23. The standard InChI is InChI=1S/C12H19N3O/c1-3-9-4-6-10(7-5-9)11(13)8-12(16)15(2)14/h4-7,11H,3,8,13-14H2,1-2H3. The summed E-state index contributed by atoms with van der Waals surface area (Å²) in [7, 11) is 1.52. The van der Waals surface area contributed by atoms with Gasteiger partial charge in [0.15, 0.2) is 0 Å². The molecule has 0 aliphatic rings. The molecule has 1 rings (SSSR count). The smallest absolute Gasteiger partial charge is 0.238 e. The fourth-order valence-corrected chi connectivity index (χ4v) is 1.45. The molecule has 0 bridgehead atoms. The molecule has 0 spiro atoms. The molecule has 1 amide bonds. The van der Waals surface area contributed by atoms with Gasteiger partial charge in [-0.05, 0) is 17.5 Å². The molecular formula is C12H19N3O. The first-order valence-corrected chi connectivity index (χ1v) is 5.40. The van der Waals surface area contributed by atoms with E-state index >= 15 is 0 Å². The van der Waals surface area contributed by atoms with E-state index in [-0.39, 0.29) is 18.4 Å². The molecule has 0 saturated carbocycles. The van der Waals surface area contributed by atoms with Gasteiger partial charge >= 0.3 is 0 Å². The Morgan fingerprint density at radius 2 is 1.94 bits per heavy atom. The molecule has 0 aromatic heterocycles. The second-order valence-electron chi connectivity index (χ2n) is 3.91. The maximum Gasteiger partial charge on any atom is 0.238 e. The molecule has 0 aliphatic heterocycles. The zero-order valence-electron chi connectivity index (χ0n) is 9.81. The summed E-state index contributed by atoms with van der Waals surface area (Å²) in [6.45, 7) is 2.10. The van der Waals surface area contributed by atoms with Crippen LogP contribution >= 0.6 is 0 Å². The maximum atomic E-state index is 11.4. The van der Waals surface area contributed by atoms with Gasteiger partial charge in [-0.2, -0.15) is 0 Å². The largest absolute Gasteiger partial charge is 0.324 e. The van der Waals surface area contributed by atoms with Gasteiger partial charge in [0, 0.05) is 19.5 Å². The normalized spacial score (nSPS) is 12.2. The minimum absolute atomic E-state index is 0.160. The van der Waals surface area contributed by atoms with Gasteiger partial charge < -0.3 is 5.73 Å². The number of carbonyl (C=O) groups is 1. The molecule has 16 heavy (non-hydrogen) atoms. The molecule has 0 saturated heterocycles. The first-order chi connectivity index (χ1) is 7.54. The number of hydrazine groups is 1. The van der Waals surface area contributed by atoms with E-state index in [0.29, 0.717) is 0 Å². The zero-order chi connectivity index (χ0) is 12.1. The minimum atomic E-state index is -0.288. The molecule has 0 heterocycles. The summed E-state index contributed by atoms with van der Waals surface area (Å²) in [5.74, 6) is 5.18. The van der Waals surface area contributed by atoms with E-state index in [4.69, 9.17) is 11.6 Å². The van der Waals surface area contributed by atoms with E-state index in [2.05, 4.69) is 6.92 Å². The molecule has 1 aromatic rings. The maximum absolute atomic E-state index is 11.4. The lowest BCUT2D eigenvalue weighted by molar-refractivity contribution is -0.130. The Balaban J connectivity index is 2.65. The third kappa shape index (κ3) is 3.32. The van der Waals surface area contributed by atoms with Crippen molar-refractivity contribution in [2.75, 3.05) is 7.05 Å². The van der Waals surface area contributed by atoms with Gasteiger partial charge in [0.05, 0.1) is 0 Å². The average molecular weight is 221 g/mol. The Kier molecular flexibility index (Phi) is 4.46. The lowest BCUT2D eigenvalue weighted by Crippen LogP contribution is -2.35. The van der Waals surface area contributed by atoms with Crippen molar-refractivity contribution in [1.82, 2.24) is 5.01 Å². The fraction of sp³-hybridized carbons (Fsp3) is 0.417. The lowest BCUT2D eigenvalue weighted by atomic mass is 10.0. The van der Waals surface area contributed by atoms with Crippen LogP contribution in [0.1, 0.15) is 30.5 Å². The summed E-state index contributed by atoms with van der Waals surface area (Å²) >= 11 is 0. The highest BCUT2D eigenvalue weighted by Gasteiger charge is 2.13. The highest BCUT2D eigenvalue weighted by molar-refractivity contribution is 5.76. The Labute approximate surface area is 96.2 Å². The summed E-state index contributed by atoms with van der Waals surface area (Å²) < 4.78 is 0. The number of rotatable bonds is 4. The van der Waals surface area contributed by atoms with Gasteiger partial charge in [-0.15, -0.1) is 0 Å². The van der Waals surface area contributed by atoms with E-state index in [0.717, 1.165) is 17.0 Å². The fourth-order valence-electron chi connectivity index (χ4n) is 1.45. The first-order valence-electron chi connectivity index (χ1n) is 5.40. The van der Waals surface area contributed by atoms with Crippen LogP contribution in [-0.4, -0.2) is 18.0 Å². The van der Waals surface area contributed by atoms with Crippen LogP contribution in [0, 0.1) is 0 Å². The number of amides is 1. The van der Waals surface area contributed by atoms with Crippen molar-refractivity contribution in [1.29, 1.82) is 0 Å². The third-order valence-corrected chi connectivity index (χ3v) is 2.60. The highest BCUT2D eigenvalue weighted by atomic mass is 16.2. The van der Waals surface area contributed by atoms with Crippen LogP contribution in [0.4, 0.5) is 0 Å². The van der Waals surface area contributed by atoms with Crippen molar-refractivity contribution in [3.63, 3.8) is 0 Å². The Bertz CT molecular complexity index is 346. The predicted molar refractivity (Wildman–Crippen MR) is 64.3 cm³/mol. The van der Waals surface area contributed by atoms with Gasteiger partial charge in [-0.25, -0.2) is 5.84 Å². The molecule has 1 aromatic carbocycles. The second kappa shape index (κ2) is 5.63. The summed E-state index contributed by atoms with van der Waals surface area (Å²) in [5.41, 5.74) is 8.15. The first kappa shape index (κ1) is 12.7. The predicted octanol–water partition coefficient (Wildman–Crippen LogP) is 0.971. The van der Waals surface area contributed by atoms with Crippen LogP contribution in [0.25, 0.3) is 0 Å². The van der Waals surface area contributed by atoms with Crippen LogP contribution in [0.2, 0.25) is 0 Å². The average Bonchev–Trinajstić information content (AvgIpc) is 2.28. The van der Waals surface area contributed by atoms with Crippen LogP contribution in [0.3, 0.4) is 0 Å². The van der Waals surface area contributed by atoms with Crippen molar-refractivity contribution in [2.24, 2.45) is 11.6 Å². The van der Waals surface area contributed by atoms with Gasteiger partial charge in [-0.3, -0.25) is 9.80 Å². The molecule has 0 fully saturated rings. The summed E-state index contributed by atoms with van der Waals surface area (Å²) in [6, 6.07) is 7.71. The Morgan fingerprint density at radius 3 is 2.38 bits per heavy atom. The highest BCUT2D eigenvalue weighted by Crippen LogP contribution is 2.15. The topological polar surface area (TPSA) is 72.4 Å². The molecular weight excluding hydrogens is 202 g/mol. The molecule has 0 radical (unpaired) electrons. The van der Waals surface area contributed by atoms with Crippen molar-refractivity contribution >= 4 is 5.91 Å².